The molecule has 4 heteroatoms. The van der Waals surface area contributed by atoms with Crippen LogP contribution in [0.4, 0.5) is 0 Å². The smallest absolute Gasteiger partial charge is 0.0538 e. The molecule has 0 saturated carbocycles. The van der Waals surface area contributed by atoms with Crippen LogP contribution in [0.5, 0.6) is 0 Å². The van der Waals surface area contributed by atoms with Gasteiger partial charge in [0.2, 0.25) is 0 Å². The van der Waals surface area contributed by atoms with Crippen LogP contribution in [0.2, 0.25) is 0 Å². The molecule has 0 rings (SSSR count). The summed E-state index contributed by atoms with van der Waals surface area (Å²) in [6, 6.07) is 0. The third-order valence-corrected chi connectivity index (χ3v) is 1.81. The molecule has 86 valence electrons. The molecule has 1 unspecified atom stereocenters. The summed E-state index contributed by atoms with van der Waals surface area (Å²) >= 11 is 0. The maximum absolute atomic E-state index is 8.97. The van der Waals surface area contributed by atoms with Gasteiger partial charge in [0.15, 0.2) is 0 Å². The van der Waals surface area contributed by atoms with Crippen molar-refractivity contribution in [2.75, 3.05) is 46.8 Å². The minimum atomic E-state index is 0.0949. The molecule has 0 aromatic heterocycles. The second-order valence-electron chi connectivity index (χ2n) is 3.13. The first-order valence-corrected chi connectivity index (χ1v) is 5.10. The summed E-state index contributed by atoms with van der Waals surface area (Å²) in [5.41, 5.74) is 0. The van der Waals surface area contributed by atoms with Crippen molar-refractivity contribution in [3.8, 4) is 0 Å². The van der Waals surface area contributed by atoms with Crippen molar-refractivity contribution >= 4 is 0 Å². The van der Waals surface area contributed by atoms with E-state index in [1.165, 1.54) is 0 Å². The molecule has 0 fully saturated rings. The minimum absolute atomic E-state index is 0.0949. The van der Waals surface area contributed by atoms with E-state index in [9.17, 15) is 0 Å². The highest BCUT2D eigenvalue weighted by atomic mass is 16.5. The van der Waals surface area contributed by atoms with Gasteiger partial charge < -0.3 is 19.3 Å². The normalized spacial score (nSPS) is 13.1. The Kier molecular flexibility index (Phi) is 10.8. The fourth-order valence-electron chi connectivity index (χ4n) is 0.993. The lowest BCUT2D eigenvalue weighted by Gasteiger charge is -2.13. The summed E-state index contributed by atoms with van der Waals surface area (Å²) in [6.07, 6.45) is 0.892. The SMILES string of the molecule is CCOCC(CO)COCCCOC. The predicted molar refractivity (Wildman–Crippen MR) is 54.4 cm³/mol. The third kappa shape index (κ3) is 8.44. The van der Waals surface area contributed by atoms with Crippen molar-refractivity contribution in [3.05, 3.63) is 0 Å². The largest absolute Gasteiger partial charge is 0.396 e. The van der Waals surface area contributed by atoms with Crippen LogP contribution in [0, 0.1) is 5.92 Å². The molecule has 4 nitrogen and oxygen atoms in total. The molecule has 0 bridgehead atoms. The van der Waals surface area contributed by atoms with Crippen molar-refractivity contribution in [2.45, 2.75) is 13.3 Å². The van der Waals surface area contributed by atoms with Crippen LogP contribution >= 0.6 is 0 Å². The highest BCUT2D eigenvalue weighted by Gasteiger charge is 2.06. The van der Waals surface area contributed by atoms with Crippen LogP contribution in [0.25, 0.3) is 0 Å². The van der Waals surface area contributed by atoms with E-state index in [0.717, 1.165) is 13.0 Å². The molecule has 0 spiro atoms. The van der Waals surface area contributed by atoms with E-state index < -0.39 is 0 Å². The van der Waals surface area contributed by atoms with Crippen molar-refractivity contribution < 1.29 is 19.3 Å². The Hall–Kier alpha value is -0.160. The quantitative estimate of drug-likeness (QED) is 0.534. The van der Waals surface area contributed by atoms with E-state index in [-0.39, 0.29) is 12.5 Å². The molecule has 0 aliphatic heterocycles. The average molecular weight is 206 g/mol. The zero-order valence-corrected chi connectivity index (χ0v) is 9.20. The number of aliphatic hydroxyl groups is 1. The Morgan fingerprint density at radius 3 is 2.43 bits per heavy atom. The number of hydrogen-bond donors (Lipinski definition) is 1. The van der Waals surface area contributed by atoms with Crippen LogP contribution < -0.4 is 0 Å². The first kappa shape index (κ1) is 13.8. The number of hydrogen-bond acceptors (Lipinski definition) is 4. The average Bonchev–Trinajstić information content (AvgIpc) is 2.22. The summed E-state index contributed by atoms with van der Waals surface area (Å²) < 4.78 is 15.5. The molecule has 1 atom stereocenters. The van der Waals surface area contributed by atoms with Crippen molar-refractivity contribution in [3.63, 3.8) is 0 Å². The van der Waals surface area contributed by atoms with E-state index in [1.807, 2.05) is 6.92 Å². The molecule has 0 heterocycles. The second-order valence-corrected chi connectivity index (χ2v) is 3.13. The number of aliphatic hydroxyl groups excluding tert-OH is 1. The second kappa shape index (κ2) is 10.9. The fraction of sp³-hybridized carbons (Fsp3) is 1.00. The van der Waals surface area contributed by atoms with Crippen molar-refractivity contribution in [1.82, 2.24) is 0 Å². The first-order valence-electron chi connectivity index (χ1n) is 5.10. The van der Waals surface area contributed by atoms with E-state index in [2.05, 4.69) is 0 Å². The molecule has 1 N–H and O–H groups in total. The van der Waals surface area contributed by atoms with E-state index in [0.29, 0.717) is 26.4 Å². The summed E-state index contributed by atoms with van der Waals surface area (Å²) in [6.45, 7) is 5.25. The van der Waals surface area contributed by atoms with Crippen LogP contribution in [0.3, 0.4) is 0 Å². The van der Waals surface area contributed by atoms with Gasteiger partial charge in [-0.2, -0.15) is 0 Å². The van der Waals surface area contributed by atoms with Gasteiger partial charge in [0.05, 0.1) is 19.8 Å². The molecule has 0 radical (unpaired) electrons. The topological polar surface area (TPSA) is 47.9 Å². The standard InChI is InChI=1S/C10H22O4/c1-3-13-8-10(7-11)9-14-6-4-5-12-2/h10-11H,3-9H2,1-2H3. The summed E-state index contributed by atoms with van der Waals surface area (Å²) in [5, 5.41) is 8.97. The van der Waals surface area contributed by atoms with Crippen LogP contribution in [0.15, 0.2) is 0 Å². The Labute approximate surface area is 86.2 Å². The van der Waals surface area contributed by atoms with Gasteiger partial charge in [-0.1, -0.05) is 0 Å². The van der Waals surface area contributed by atoms with Gasteiger partial charge >= 0.3 is 0 Å². The lowest BCUT2D eigenvalue weighted by molar-refractivity contribution is 0.0147. The van der Waals surface area contributed by atoms with E-state index in [4.69, 9.17) is 19.3 Å². The van der Waals surface area contributed by atoms with Gasteiger partial charge in [0.1, 0.15) is 0 Å². The van der Waals surface area contributed by atoms with Gasteiger partial charge in [-0.05, 0) is 13.3 Å². The highest BCUT2D eigenvalue weighted by Crippen LogP contribution is 1.98. The van der Waals surface area contributed by atoms with Gasteiger partial charge in [-0.3, -0.25) is 0 Å². The lowest BCUT2D eigenvalue weighted by atomic mass is 10.2. The molecule has 0 aromatic carbocycles. The van der Waals surface area contributed by atoms with Crippen LogP contribution in [-0.2, 0) is 14.2 Å². The van der Waals surface area contributed by atoms with Gasteiger partial charge in [0, 0.05) is 32.8 Å². The monoisotopic (exact) mass is 206 g/mol. The minimum Gasteiger partial charge on any atom is -0.396 e. The molecule has 0 aliphatic rings. The zero-order valence-electron chi connectivity index (χ0n) is 9.20. The summed E-state index contributed by atoms with van der Waals surface area (Å²) in [4.78, 5) is 0. The van der Waals surface area contributed by atoms with Gasteiger partial charge in [-0.15, -0.1) is 0 Å². The molecule has 14 heavy (non-hydrogen) atoms. The van der Waals surface area contributed by atoms with Crippen LogP contribution in [-0.4, -0.2) is 51.9 Å². The Morgan fingerprint density at radius 1 is 1.14 bits per heavy atom. The molecule has 0 amide bonds. The Morgan fingerprint density at radius 2 is 1.86 bits per heavy atom. The third-order valence-electron chi connectivity index (χ3n) is 1.81. The predicted octanol–water partition coefficient (Wildman–Crippen LogP) is 0.685. The maximum Gasteiger partial charge on any atom is 0.0538 e. The summed E-state index contributed by atoms with van der Waals surface area (Å²) in [5.74, 6) is 0.0949. The highest BCUT2D eigenvalue weighted by molar-refractivity contribution is 4.54. The summed E-state index contributed by atoms with van der Waals surface area (Å²) in [7, 11) is 1.67. The van der Waals surface area contributed by atoms with E-state index >= 15 is 0 Å². The fourth-order valence-corrected chi connectivity index (χ4v) is 0.993. The maximum atomic E-state index is 8.97. The lowest BCUT2D eigenvalue weighted by Crippen LogP contribution is -2.20. The number of rotatable bonds is 10. The number of ether oxygens (including phenoxy) is 3. The van der Waals surface area contributed by atoms with Crippen molar-refractivity contribution in [2.24, 2.45) is 5.92 Å². The molecular weight excluding hydrogens is 184 g/mol. The molecule has 0 aliphatic carbocycles. The first-order chi connectivity index (χ1) is 6.85. The Bertz CT molecular complexity index is 108. The zero-order chi connectivity index (χ0) is 10.6. The molecule has 0 aromatic rings. The molecule has 0 saturated heterocycles. The van der Waals surface area contributed by atoms with E-state index in [1.54, 1.807) is 7.11 Å². The van der Waals surface area contributed by atoms with Crippen molar-refractivity contribution in [1.29, 1.82) is 0 Å². The number of methoxy groups -OCH3 is 1. The van der Waals surface area contributed by atoms with Gasteiger partial charge in [-0.25, -0.2) is 0 Å². The molecular formula is C10H22O4. The Balaban J connectivity index is 3.24. The van der Waals surface area contributed by atoms with Crippen LogP contribution in [0.1, 0.15) is 13.3 Å². The van der Waals surface area contributed by atoms with Gasteiger partial charge in [0.25, 0.3) is 0 Å².